The topological polar surface area (TPSA) is 79.0 Å². The van der Waals surface area contributed by atoms with E-state index in [1.165, 1.54) is 18.5 Å². The zero-order valence-electron chi connectivity index (χ0n) is 8.60. The zero-order valence-corrected chi connectivity index (χ0v) is 9.41. The van der Waals surface area contributed by atoms with E-state index >= 15 is 0 Å². The second kappa shape index (κ2) is 3.21. The lowest BCUT2D eigenvalue weighted by Gasteiger charge is -2.05. The second-order valence-corrected chi connectivity index (χ2v) is 5.57. The van der Waals surface area contributed by atoms with Crippen LogP contribution in [0.2, 0.25) is 0 Å². The van der Waals surface area contributed by atoms with Crippen LogP contribution in [0, 0.1) is 0 Å². The molecule has 0 unspecified atom stereocenters. The molecule has 17 heavy (non-hydrogen) atoms. The normalized spacial score (nSPS) is 16.6. The predicted molar refractivity (Wildman–Crippen MR) is 60.6 cm³/mol. The quantitative estimate of drug-likeness (QED) is 0.739. The zero-order chi connectivity index (χ0) is 12.0. The van der Waals surface area contributed by atoms with Gasteiger partial charge < -0.3 is 10.3 Å². The summed E-state index contributed by atoms with van der Waals surface area (Å²) in [5, 5.41) is 2.58. The highest BCUT2D eigenvalue weighted by Crippen LogP contribution is 2.32. The Morgan fingerprint density at radius 1 is 1.00 bits per heavy atom. The fourth-order valence-corrected chi connectivity index (χ4v) is 3.43. The van der Waals surface area contributed by atoms with Gasteiger partial charge in [-0.05, 0) is 12.1 Å². The molecule has 0 spiro atoms. The van der Waals surface area contributed by atoms with Gasteiger partial charge in [0.1, 0.15) is 4.90 Å². The lowest BCUT2D eigenvalue weighted by Crippen LogP contribution is -2.10. The first kappa shape index (κ1) is 10.1. The first-order valence-electron chi connectivity index (χ1n) is 4.93. The summed E-state index contributed by atoms with van der Waals surface area (Å²) in [5.74, 6) is -0.422. The standard InChI is InChI=1S/C11H8N2O3S/c14-11-7-5-12-6-10(7)17(15,16)9-4-2-1-3-8(9)13-11/h1-6,12H,(H,13,14). The van der Waals surface area contributed by atoms with E-state index in [9.17, 15) is 13.2 Å². The Bertz CT molecular complexity index is 716. The molecule has 1 aliphatic rings. The second-order valence-electron chi connectivity index (χ2n) is 3.69. The highest BCUT2D eigenvalue weighted by molar-refractivity contribution is 7.91. The summed E-state index contributed by atoms with van der Waals surface area (Å²) < 4.78 is 24.6. The monoisotopic (exact) mass is 248 g/mol. The van der Waals surface area contributed by atoms with E-state index < -0.39 is 15.7 Å². The smallest absolute Gasteiger partial charge is 0.258 e. The third-order valence-electron chi connectivity index (χ3n) is 2.67. The van der Waals surface area contributed by atoms with Gasteiger partial charge in [0.2, 0.25) is 9.84 Å². The number of rotatable bonds is 0. The third kappa shape index (κ3) is 1.31. The van der Waals surface area contributed by atoms with E-state index in [0.29, 0.717) is 5.69 Å². The van der Waals surface area contributed by atoms with Gasteiger partial charge in [-0.3, -0.25) is 4.79 Å². The van der Waals surface area contributed by atoms with Crippen LogP contribution >= 0.6 is 0 Å². The van der Waals surface area contributed by atoms with E-state index in [2.05, 4.69) is 10.3 Å². The van der Waals surface area contributed by atoms with E-state index in [1.807, 2.05) is 0 Å². The summed E-state index contributed by atoms with van der Waals surface area (Å²) in [6, 6.07) is 6.35. The number of H-pyrrole nitrogens is 1. The van der Waals surface area contributed by atoms with Gasteiger partial charge in [-0.15, -0.1) is 0 Å². The molecule has 2 heterocycles. The van der Waals surface area contributed by atoms with Crippen LogP contribution in [0.25, 0.3) is 0 Å². The maximum atomic E-state index is 12.3. The van der Waals surface area contributed by atoms with Gasteiger partial charge >= 0.3 is 0 Å². The van der Waals surface area contributed by atoms with Gasteiger partial charge in [-0.1, -0.05) is 12.1 Å². The molecule has 0 saturated heterocycles. The number of fused-ring (bicyclic) bond motifs is 2. The van der Waals surface area contributed by atoms with Crippen LogP contribution in [0.4, 0.5) is 5.69 Å². The Balaban J connectivity index is 2.42. The molecule has 0 atom stereocenters. The molecule has 1 aliphatic heterocycles. The molecule has 1 amide bonds. The third-order valence-corrected chi connectivity index (χ3v) is 4.52. The molecule has 86 valence electrons. The molecule has 3 rings (SSSR count). The van der Waals surface area contributed by atoms with Gasteiger partial charge in [-0.2, -0.15) is 0 Å². The number of carbonyl (C=O) groups is 1. The summed E-state index contributed by atoms with van der Waals surface area (Å²) in [4.78, 5) is 14.6. The molecule has 0 fully saturated rings. The number of hydrogen-bond donors (Lipinski definition) is 2. The van der Waals surface area contributed by atoms with Crippen molar-refractivity contribution in [1.82, 2.24) is 4.98 Å². The van der Waals surface area contributed by atoms with Crippen molar-refractivity contribution in [3.8, 4) is 0 Å². The first-order chi connectivity index (χ1) is 8.10. The van der Waals surface area contributed by atoms with E-state index in [1.54, 1.807) is 18.2 Å². The van der Waals surface area contributed by atoms with Crippen LogP contribution in [-0.4, -0.2) is 19.3 Å². The molecule has 0 radical (unpaired) electrons. The van der Waals surface area contributed by atoms with Gasteiger partial charge in [0, 0.05) is 12.4 Å². The summed E-state index contributed by atoms with van der Waals surface area (Å²) in [6.07, 6.45) is 2.71. The molecule has 2 aromatic rings. The molecule has 6 heteroatoms. The SMILES string of the molecule is O=C1Nc2ccccc2S(=O)(=O)c2c[nH]cc21. The van der Waals surface area contributed by atoms with Crippen LogP contribution in [-0.2, 0) is 9.84 Å². The molecular formula is C11H8N2O3S. The lowest BCUT2D eigenvalue weighted by atomic mass is 10.3. The van der Waals surface area contributed by atoms with Crippen molar-refractivity contribution >= 4 is 21.4 Å². The van der Waals surface area contributed by atoms with Crippen molar-refractivity contribution in [3.05, 3.63) is 42.2 Å². The number of carbonyl (C=O) groups excluding carboxylic acids is 1. The number of nitrogens with one attached hydrogen (secondary N) is 2. The minimum atomic E-state index is -3.64. The highest BCUT2D eigenvalue weighted by atomic mass is 32.2. The molecule has 5 nitrogen and oxygen atoms in total. The van der Waals surface area contributed by atoms with E-state index in [0.717, 1.165) is 0 Å². The van der Waals surface area contributed by atoms with E-state index in [-0.39, 0.29) is 15.4 Å². The van der Waals surface area contributed by atoms with Gasteiger partial charge in [0.15, 0.2) is 0 Å². The number of sulfone groups is 1. The summed E-state index contributed by atoms with van der Waals surface area (Å²) in [7, 11) is -3.64. The van der Waals surface area contributed by atoms with Crippen LogP contribution in [0.3, 0.4) is 0 Å². The molecular weight excluding hydrogens is 240 g/mol. The number of hydrogen-bond acceptors (Lipinski definition) is 3. The Morgan fingerprint density at radius 3 is 2.59 bits per heavy atom. The maximum absolute atomic E-state index is 12.3. The highest BCUT2D eigenvalue weighted by Gasteiger charge is 2.31. The summed E-state index contributed by atoms with van der Waals surface area (Å²) in [5.41, 5.74) is 0.454. The van der Waals surface area contributed by atoms with Crippen LogP contribution in [0.1, 0.15) is 10.4 Å². The van der Waals surface area contributed by atoms with Crippen molar-refractivity contribution in [2.45, 2.75) is 9.79 Å². The van der Waals surface area contributed by atoms with Crippen LogP contribution in [0.15, 0.2) is 46.5 Å². The molecule has 1 aromatic heterocycles. The minimum Gasteiger partial charge on any atom is -0.366 e. The van der Waals surface area contributed by atoms with Crippen molar-refractivity contribution in [1.29, 1.82) is 0 Å². The number of aromatic nitrogens is 1. The molecule has 0 aliphatic carbocycles. The van der Waals surface area contributed by atoms with Crippen LogP contribution < -0.4 is 5.32 Å². The number of anilines is 1. The number of benzene rings is 1. The Hall–Kier alpha value is -2.08. The average molecular weight is 248 g/mol. The first-order valence-corrected chi connectivity index (χ1v) is 6.41. The average Bonchev–Trinajstić information content (AvgIpc) is 2.76. The summed E-state index contributed by atoms with van der Waals surface area (Å²) >= 11 is 0. The fraction of sp³-hybridized carbons (Fsp3) is 0. The molecule has 0 bridgehead atoms. The Labute approximate surface area is 97.4 Å². The van der Waals surface area contributed by atoms with Gasteiger partial charge in [0.05, 0.1) is 16.1 Å². The van der Waals surface area contributed by atoms with E-state index in [4.69, 9.17) is 0 Å². The molecule has 1 aromatic carbocycles. The largest absolute Gasteiger partial charge is 0.366 e. The molecule has 2 N–H and O–H groups in total. The predicted octanol–water partition coefficient (Wildman–Crippen LogP) is 1.41. The number of para-hydroxylation sites is 1. The maximum Gasteiger partial charge on any atom is 0.258 e. The van der Waals surface area contributed by atoms with Crippen LogP contribution in [0.5, 0.6) is 0 Å². The fourth-order valence-electron chi connectivity index (χ4n) is 1.86. The van der Waals surface area contributed by atoms with Gasteiger partial charge in [0.25, 0.3) is 5.91 Å². The Morgan fingerprint density at radius 2 is 1.76 bits per heavy atom. The van der Waals surface area contributed by atoms with Crippen molar-refractivity contribution in [3.63, 3.8) is 0 Å². The van der Waals surface area contributed by atoms with Gasteiger partial charge in [-0.25, -0.2) is 8.42 Å². The van der Waals surface area contributed by atoms with Crippen molar-refractivity contribution in [2.24, 2.45) is 0 Å². The number of aromatic amines is 1. The van der Waals surface area contributed by atoms with Crippen molar-refractivity contribution < 1.29 is 13.2 Å². The Kier molecular flexibility index (Phi) is 1.90. The number of amides is 1. The molecule has 0 saturated carbocycles. The lowest BCUT2D eigenvalue weighted by molar-refractivity contribution is 0.102. The summed E-state index contributed by atoms with van der Waals surface area (Å²) in [6.45, 7) is 0. The van der Waals surface area contributed by atoms with Crippen molar-refractivity contribution in [2.75, 3.05) is 5.32 Å². The minimum absolute atomic E-state index is 0.0138.